The normalized spacial score (nSPS) is 27.5. The standard InChI is InChI=1S/C12H22N2O3/c1-4-8(2)9(10(15)16)14-11(17)12(3)6-5-7-13-12/h8-9,13H,4-7H2,1-3H3,(H,14,17)(H,15,16)/t8?,9-,12?/m0/s1. The molecule has 0 saturated carbocycles. The van der Waals surface area contributed by atoms with E-state index in [9.17, 15) is 9.59 Å². The SMILES string of the molecule is CCC(C)[C@H](NC(=O)C1(C)CCCN1)C(=O)O. The quantitative estimate of drug-likeness (QED) is 0.664. The van der Waals surface area contributed by atoms with Crippen LogP contribution in [0.3, 0.4) is 0 Å². The van der Waals surface area contributed by atoms with Gasteiger partial charge in [0.05, 0.1) is 5.54 Å². The van der Waals surface area contributed by atoms with Crippen molar-refractivity contribution in [2.45, 2.75) is 51.6 Å². The van der Waals surface area contributed by atoms with Gasteiger partial charge in [-0.2, -0.15) is 0 Å². The van der Waals surface area contributed by atoms with Crippen LogP contribution in [0, 0.1) is 5.92 Å². The summed E-state index contributed by atoms with van der Waals surface area (Å²) in [6.45, 7) is 6.39. The lowest BCUT2D eigenvalue weighted by Gasteiger charge is -2.27. The first-order valence-corrected chi connectivity index (χ1v) is 6.19. The molecule has 1 fully saturated rings. The lowest BCUT2D eigenvalue weighted by molar-refractivity contribution is -0.144. The molecule has 98 valence electrons. The Bertz CT molecular complexity index is 298. The van der Waals surface area contributed by atoms with E-state index in [2.05, 4.69) is 10.6 Å². The van der Waals surface area contributed by atoms with E-state index in [1.807, 2.05) is 20.8 Å². The molecule has 1 amide bonds. The van der Waals surface area contributed by atoms with Gasteiger partial charge in [0.2, 0.25) is 5.91 Å². The highest BCUT2D eigenvalue weighted by Crippen LogP contribution is 2.19. The Morgan fingerprint density at radius 2 is 2.18 bits per heavy atom. The van der Waals surface area contributed by atoms with Crippen molar-refractivity contribution in [3.05, 3.63) is 0 Å². The van der Waals surface area contributed by atoms with Crippen molar-refractivity contribution in [2.24, 2.45) is 5.92 Å². The molecule has 0 spiro atoms. The van der Waals surface area contributed by atoms with Crippen molar-refractivity contribution in [1.29, 1.82) is 0 Å². The molecule has 0 aromatic carbocycles. The molecule has 17 heavy (non-hydrogen) atoms. The van der Waals surface area contributed by atoms with Crippen molar-refractivity contribution in [3.8, 4) is 0 Å². The zero-order valence-corrected chi connectivity index (χ0v) is 10.7. The third-order valence-corrected chi connectivity index (χ3v) is 3.64. The van der Waals surface area contributed by atoms with E-state index >= 15 is 0 Å². The van der Waals surface area contributed by atoms with Crippen LogP contribution in [0.25, 0.3) is 0 Å². The number of nitrogens with one attached hydrogen (secondary N) is 2. The molecular weight excluding hydrogens is 220 g/mol. The van der Waals surface area contributed by atoms with Gasteiger partial charge in [-0.25, -0.2) is 4.79 Å². The van der Waals surface area contributed by atoms with Crippen molar-refractivity contribution in [2.75, 3.05) is 6.54 Å². The van der Waals surface area contributed by atoms with Crippen molar-refractivity contribution < 1.29 is 14.7 Å². The first kappa shape index (κ1) is 14.0. The topological polar surface area (TPSA) is 78.4 Å². The molecule has 1 rings (SSSR count). The molecule has 3 atom stereocenters. The molecule has 1 heterocycles. The number of carbonyl (C=O) groups is 2. The highest BCUT2D eigenvalue weighted by molar-refractivity contribution is 5.90. The fourth-order valence-corrected chi connectivity index (χ4v) is 2.07. The minimum atomic E-state index is -0.964. The second-order valence-corrected chi connectivity index (χ2v) is 5.04. The predicted molar refractivity (Wildman–Crippen MR) is 64.7 cm³/mol. The summed E-state index contributed by atoms with van der Waals surface area (Å²) in [5, 5.41) is 14.9. The first-order valence-electron chi connectivity index (χ1n) is 6.19. The molecule has 0 bridgehead atoms. The number of hydrogen-bond acceptors (Lipinski definition) is 3. The second-order valence-electron chi connectivity index (χ2n) is 5.04. The average molecular weight is 242 g/mol. The molecule has 0 radical (unpaired) electrons. The molecule has 5 nitrogen and oxygen atoms in total. The molecule has 0 aliphatic carbocycles. The summed E-state index contributed by atoms with van der Waals surface area (Å²) in [6, 6.07) is -0.799. The van der Waals surface area contributed by atoms with Crippen LogP contribution in [0.4, 0.5) is 0 Å². The average Bonchev–Trinajstić information content (AvgIpc) is 2.72. The number of carboxylic acids is 1. The molecule has 1 aliphatic heterocycles. The van der Waals surface area contributed by atoms with Crippen LogP contribution in [0.15, 0.2) is 0 Å². The van der Waals surface area contributed by atoms with Gasteiger partial charge in [0.25, 0.3) is 0 Å². The summed E-state index contributed by atoms with van der Waals surface area (Å²) < 4.78 is 0. The van der Waals surface area contributed by atoms with Gasteiger partial charge < -0.3 is 15.7 Å². The first-order chi connectivity index (χ1) is 7.90. The van der Waals surface area contributed by atoms with Crippen LogP contribution in [0.5, 0.6) is 0 Å². The summed E-state index contributed by atoms with van der Waals surface area (Å²) >= 11 is 0. The van der Waals surface area contributed by atoms with Gasteiger partial charge in [0, 0.05) is 0 Å². The number of aliphatic carboxylic acids is 1. The lowest BCUT2D eigenvalue weighted by atomic mass is 9.95. The molecule has 0 aromatic heterocycles. The maximum absolute atomic E-state index is 12.1. The van der Waals surface area contributed by atoms with Gasteiger partial charge in [-0.1, -0.05) is 20.3 Å². The highest BCUT2D eigenvalue weighted by Gasteiger charge is 2.38. The summed E-state index contributed by atoms with van der Waals surface area (Å²) in [5.74, 6) is -1.24. The largest absolute Gasteiger partial charge is 0.480 e. The van der Waals surface area contributed by atoms with Crippen LogP contribution in [-0.2, 0) is 9.59 Å². The Morgan fingerprint density at radius 3 is 2.59 bits per heavy atom. The third-order valence-electron chi connectivity index (χ3n) is 3.64. The Labute approximate surface area is 102 Å². The van der Waals surface area contributed by atoms with Crippen molar-refractivity contribution in [1.82, 2.24) is 10.6 Å². The van der Waals surface area contributed by atoms with E-state index in [4.69, 9.17) is 5.11 Å². The van der Waals surface area contributed by atoms with Crippen LogP contribution >= 0.6 is 0 Å². The minimum Gasteiger partial charge on any atom is -0.480 e. The molecule has 1 aliphatic rings. The van der Waals surface area contributed by atoms with Crippen molar-refractivity contribution in [3.63, 3.8) is 0 Å². The fraction of sp³-hybridized carbons (Fsp3) is 0.833. The van der Waals surface area contributed by atoms with E-state index < -0.39 is 17.6 Å². The lowest BCUT2D eigenvalue weighted by Crippen LogP contribution is -2.56. The fourth-order valence-electron chi connectivity index (χ4n) is 2.07. The van der Waals surface area contributed by atoms with Gasteiger partial charge in [0.15, 0.2) is 0 Å². The second kappa shape index (κ2) is 5.49. The Hall–Kier alpha value is -1.10. The van der Waals surface area contributed by atoms with E-state index in [0.717, 1.165) is 25.8 Å². The molecule has 0 aromatic rings. The Kier molecular flexibility index (Phi) is 4.51. The molecule has 3 N–H and O–H groups in total. The summed E-state index contributed by atoms with van der Waals surface area (Å²) in [5.41, 5.74) is -0.610. The zero-order chi connectivity index (χ0) is 13.1. The smallest absolute Gasteiger partial charge is 0.326 e. The summed E-state index contributed by atoms with van der Waals surface area (Å²) in [7, 11) is 0. The summed E-state index contributed by atoms with van der Waals surface area (Å²) in [4.78, 5) is 23.2. The van der Waals surface area contributed by atoms with Gasteiger partial charge in [-0.05, 0) is 32.2 Å². The van der Waals surface area contributed by atoms with Gasteiger partial charge >= 0.3 is 5.97 Å². The number of rotatable bonds is 5. The Morgan fingerprint density at radius 1 is 1.53 bits per heavy atom. The highest BCUT2D eigenvalue weighted by atomic mass is 16.4. The van der Waals surface area contributed by atoms with E-state index in [1.54, 1.807) is 0 Å². The van der Waals surface area contributed by atoms with E-state index in [1.165, 1.54) is 0 Å². The van der Waals surface area contributed by atoms with Gasteiger partial charge in [-0.15, -0.1) is 0 Å². The minimum absolute atomic E-state index is 0.0681. The monoisotopic (exact) mass is 242 g/mol. The number of hydrogen-bond donors (Lipinski definition) is 3. The zero-order valence-electron chi connectivity index (χ0n) is 10.7. The molecule has 5 heteroatoms. The van der Waals surface area contributed by atoms with E-state index in [-0.39, 0.29) is 11.8 Å². The number of carbonyl (C=O) groups excluding carboxylic acids is 1. The van der Waals surface area contributed by atoms with Crippen LogP contribution in [0.1, 0.15) is 40.0 Å². The third kappa shape index (κ3) is 3.19. The molecule has 1 saturated heterocycles. The van der Waals surface area contributed by atoms with E-state index in [0.29, 0.717) is 0 Å². The maximum Gasteiger partial charge on any atom is 0.326 e. The van der Waals surface area contributed by atoms with Gasteiger partial charge in [-0.3, -0.25) is 4.79 Å². The van der Waals surface area contributed by atoms with Crippen molar-refractivity contribution >= 4 is 11.9 Å². The number of carboxylic acid groups (broad SMARTS) is 1. The number of amides is 1. The summed E-state index contributed by atoms with van der Waals surface area (Å²) in [6.07, 6.45) is 2.43. The maximum atomic E-state index is 12.1. The molecular formula is C12H22N2O3. The predicted octanol–water partition coefficient (Wildman–Crippen LogP) is 0.744. The van der Waals surface area contributed by atoms with Crippen LogP contribution < -0.4 is 10.6 Å². The van der Waals surface area contributed by atoms with Crippen LogP contribution in [-0.4, -0.2) is 35.1 Å². The van der Waals surface area contributed by atoms with Crippen LogP contribution in [0.2, 0.25) is 0 Å². The Balaban J connectivity index is 2.67. The molecule has 2 unspecified atom stereocenters. The van der Waals surface area contributed by atoms with Gasteiger partial charge in [0.1, 0.15) is 6.04 Å².